The SMILES string of the molecule is Cc1cc(O[C@@H]2CCN(C(=O)c3cnn(-c4ccccc4)c3C)C2)nc(C)n1. The molecule has 1 aromatic carbocycles. The van der Waals surface area contributed by atoms with Crippen LogP contribution in [0.2, 0.25) is 0 Å². The second-order valence-corrected chi connectivity index (χ2v) is 7.07. The van der Waals surface area contributed by atoms with Crippen molar-refractivity contribution in [2.45, 2.75) is 33.3 Å². The van der Waals surface area contributed by atoms with Gasteiger partial charge in [0.05, 0.1) is 29.7 Å². The number of likely N-dealkylation sites (tertiary alicyclic amines) is 1. The zero-order valence-electron chi connectivity index (χ0n) is 16.3. The molecule has 28 heavy (non-hydrogen) atoms. The van der Waals surface area contributed by atoms with Gasteiger partial charge in [-0.15, -0.1) is 0 Å². The van der Waals surface area contributed by atoms with Crippen LogP contribution >= 0.6 is 0 Å². The van der Waals surface area contributed by atoms with Crippen LogP contribution in [0.15, 0.2) is 42.6 Å². The van der Waals surface area contributed by atoms with Gasteiger partial charge in [-0.1, -0.05) is 18.2 Å². The van der Waals surface area contributed by atoms with E-state index in [2.05, 4.69) is 15.1 Å². The Kier molecular flexibility index (Phi) is 4.81. The molecule has 4 rings (SSSR count). The minimum absolute atomic E-state index is 0.0131. The summed E-state index contributed by atoms with van der Waals surface area (Å²) in [6.07, 6.45) is 2.36. The van der Waals surface area contributed by atoms with Crippen LogP contribution in [0.3, 0.4) is 0 Å². The third-order valence-electron chi connectivity index (χ3n) is 4.90. The fraction of sp³-hybridized carbons (Fsp3) is 0.333. The third-order valence-corrected chi connectivity index (χ3v) is 4.90. The lowest BCUT2D eigenvalue weighted by Crippen LogP contribution is -2.31. The molecule has 1 saturated heterocycles. The molecule has 1 atom stereocenters. The number of nitrogens with zero attached hydrogens (tertiary/aromatic N) is 5. The van der Waals surface area contributed by atoms with E-state index in [9.17, 15) is 4.79 Å². The van der Waals surface area contributed by atoms with Gasteiger partial charge in [0.25, 0.3) is 5.91 Å². The molecule has 1 fully saturated rings. The Bertz CT molecular complexity index is 979. The lowest BCUT2D eigenvalue weighted by atomic mass is 10.2. The maximum Gasteiger partial charge on any atom is 0.257 e. The molecule has 7 nitrogen and oxygen atoms in total. The van der Waals surface area contributed by atoms with Gasteiger partial charge in [0, 0.05) is 24.7 Å². The van der Waals surface area contributed by atoms with Crippen LogP contribution in [0.5, 0.6) is 5.88 Å². The van der Waals surface area contributed by atoms with Crippen molar-refractivity contribution >= 4 is 5.91 Å². The highest BCUT2D eigenvalue weighted by molar-refractivity contribution is 5.95. The van der Waals surface area contributed by atoms with Gasteiger partial charge in [0.1, 0.15) is 11.9 Å². The number of aryl methyl sites for hydroxylation is 2. The molecule has 0 spiro atoms. The summed E-state index contributed by atoms with van der Waals surface area (Å²) < 4.78 is 7.79. The summed E-state index contributed by atoms with van der Waals surface area (Å²) in [5, 5.41) is 4.41. The van der Waals surface area contributed by atoms with Crippen LogP contribution in [0.4, 0.5) is 0 Å². The Morgan fingerprint density at radius 1 is 1.14 bits per heavy atom. The summed E-state index contributed by atoms with van der Waals surface area (Å²) in [5.74, 6) is 1.24. The number of para-hydroxylation sites is 1. The molecule has 1 amide bonds. The average molecular weight is 377 g/mol. The minimum atomic E-state index is -0.0675. The van der Waals surface area contributed by atoms with E-state index in [0.29, 0.717) is 30.4 Å². The first-order valence-electron chi connectivity index (χ1n) is 9.39. The summed E-state index contributed by atoms with van der Waals surface area (Å²) in [5.41, 5.74) is 3.27. The van der Waals surface area contributed by atoms with Crippen molar-refractivity contribution in [1.82, 2.24) is 24.6 Å². The van der Waals surface area contributed by atoms with Gasteiger partial charge in [0.15, 0.2) is 0 Å². The van der Waals surface area contributed by atoms with Crippen LogP contribution in [0, 0.1) is 20.8 Å². The highest BCUT2D eigenvalue weighted by Crippen LogP contribution is 2.21. The fourth-order valence-corrected chi connectivity index (χ4v) is 3.54. The zero-order valence-corrected chi connectivity index (χ0v) is 16.3. The molecule has 0 aliphatic carbocycles. The topological polar surface area (TPSA) is 73.1 Å². The summed E-state index contributed by atoms with van der Waals surface area (Å²) >= 11 is 0. The molecular formula is C21H23N5O2. The standard InChI is InChI=1S/C21H23N5O2/c1-14-11-20(24-16(3)23-14)28-18-9-10-25(13-18)21(27)19-12-22-26(15(19)2)17-7-5-4-6-8-17/h4-8,11-12,18H,9-10,13H2,1-3H3/t18-/m1/s1. The molecule has 3 aromatic rings. The predicted octanol–water partition coefficient (Wildman–Crippen LogP) is 2.88. The van der Waals surface area contributed by atoms with E-state index in [0.717, 1.165) is 23.5 Å². The monoisotopic (exact) mass is 377 g/mol. The molecule has 0 bridgehead atoms. The number of hydrogen-bond acceptors (Lipinski definition) is 5. The molecule has 144 valence electrons. The number of carbonyl (C=O) groups excluding carboxylic acids is 1. The molecule has 2 aromatic heterocycles. The van der Waals surface area contributed by atoms with Gasteiger partial charge in [-0.05, 0) is 32.9 Å². The number of carbonyl (C=O) groups is 1. The van der Waals surface area contributed by atoms with Crippen molar-refractivity contribution in [3.63, 3.8) is 0 Å². The van der Waals surface area contributed by atoms with Gasteiger partial charge in [-0.3, -0.25) is 4.79 Å². The Morgan fingerprint density at radius 3 is 2.68 bits per heavy atom. The first kappa shape index (κ1) is 18.2. The normalized spacial score (nSPS) is 16.4. The number of benzene rings is 1. The smallest absolute Gasteiger partial charge is 0.257 e. The van der Waals surface area contributed by atoms with Crippen LogP contribution in [-0.2, 0) is 0 Å². The molecule has 7 heteroatoms. The molecule has 1 aliphatic rings. The summed E-state index contributed by atoms with van der Waals surface area (Å²) in [6.45, 7) is 6.87. The first-order chi connectivity index (χ1) is 13.5. The van der Waals surface area contributed by atoms with Crippen molar-refractivity contribution in [2.75, 3.05) is 13.1 Å². The zero-order chi connectivity index (χ0) is 19.7. The number of hydrogen-bond donors (Lipinski definition) is 0. The van der Waals surface area contributed by atoms with E-state index < -0.39 is 0 Å². The maximum absolute atomic E-state index is 13.0. The maximum atomic E-state index is 13.0. The van der Waals surface area contributed by atoms with Gasteiger partial charge in [0.2, 0.25) is 5.88 Å². The number of aromatic nitrogens is 4. The summed E-state index contributed by atoms with van der Waals surface area (Å²) in [6, 6.07) is 11.6. The average Bonchev–Trinajstić information content (AvgIpc) is 3.28. The lowest BCUT2D eigenvalue weighted by Gasteiger charge is -2.17. The molecule has 0 radical (unpaired) electrons. The molecule has 1 aliphatic heterocycles. The summed E-state index contributed by atoms with van der Waals surface area (Å²) in [4.78, 5) is 23.4. The molecular weight excluding hydrogens is 354 g/mol. The van der Waals surface area contributed by atoms with Crippen molar-refractivity contribution < 1.29 is 9.53 Å². The third kappa shape index (κ3) is 3.60. The minimum Gasteiger partial charge on any atom is -0.472 e. The Hall–Kier alpha value is -3.22. The highest BCUT2D eigenvalue weighted by Gasteiger charge is 2.30. The van der Waals surface area contributed by atoms with E-state index in [-0.39, 0.29) is 12.0 Å². The van der Waals surface area contributed by atoms with Gasteiger partial charge in [-0.25, -0.2) is 9.67 Å². The van der Waals surface area contributed by atoms with E-state index in [4.69, 9.17) is 4.74 Å². The summed E-state index contributed by atoms with van der Waals surface area (Å²) in [7, 11) is 0. The Labute approximate surface area is 164 Å². The van der Waals surface area contributed by atoms with E-state index in [1.54, 1.807) is 10.9 Å². The van der Waals surface area contributed by atoms with Crippen molar-refractivity contribution in [1.29, 1.82) is 0 Å². The van der Waals surface area contributed by atoms with E-state index in [1.807, 2.05) is 62.1 Å². The molecule has 3 heterocycles. The number of ether oxygens (including phenoxy) is 1. The van der Waals surface area contributed by atoms with Crippen molar-refractivity contribution in [3.05, 3.63) is 65.4 Å². The lowest BCUT2D eigenvalue weighted by molar-refractivity contribution is 0.0770. The van der Waals surface area contributed by atoms with Gasteiger partial charge < -0.3 is 9.64 Å². The second kappa shape index (κ2) is 7.42. The second-order valence-electron chi connectivity index (χ2n) is 7.07. The Balaban J connectivity index is 1.46. The number of rotatable bonds is 4. The largest absolute Gasteiger partial charge is 0.472 e. The van der Waals surface area contributed by atoms with Gasteiger partial charge >= 0.3 is 0 Å². The predicted molar refractivity (Wildman–Crippen MR) is 105 cm³/mol. The molecule has 0 saturated carbocycles. The molecule has 0 N–H and O–H groups in total. The Morgan fingerprint density at radius 2 is 1.93 bits per heavy atom. The fourth-order valence-electron chi connectivity index (χ4n) is 3.54. The van der Waals surface area contributed by atoms with Gasteiger partial charge in [-0.2, -0.15) is 10.1 Å². The van der Waals surface area contributed by atoms with Crippen molar-refractivity contribution in [3.8, 4) is 11.6 Å². The van der Waals surface area contributed by atoms with Crippen LogP contribution in [-0.4, -0.2) is 49.7 Å². The van der Waals surface area contributed by atoms with Crippen LogP contribution < -0.4 is 4.74 Å². The van der Waals surface area contributed by atoms with Crippen LogP contribution in [0.25, 0.3) is 5.69 Å². The van der Waals surface area contributed by atoms with E-state index >= 15 is 0 Å². The quantitative estimate of drug-likeness (QED) is 0.699. The highest BCUT2D eigenvalue weighted by atomic mass is 16.5. The molecule has 0 unspecified atom stereocenters. The van der Waals surface area contributed by atoms with E-state index in [1.165, 1.54) is 0 Å². The number of amides is 1. The first-order valence-corrected chi connectivity index (χ1v) is 9.39. The van der Waals surface area contributed by atoms with Crippen LogP contribution in [0.1, 0.15) is 34.0 Å². The van der Waals surface area contributed by atoms with Crippen molar-refractivity contribution in [2.24, 2.45) is 0 Å².